The number of aromatic nitrogens is 2. The Morgan fingerprint density at radius 1 is 1.00 bits per heavy atom. The molecule has 0 spiro atoms. The van der Waals surface area contributed by atoms with E-state index in [0.29, 0.717) is 46.4 Å². The van der Waals surface area contributed by atoms with Crippen LogP contribution in [0.15, 0.2) is 72.0 Å². The summed E-state index contributed by atoms with van der Waals surface area (Å²) in [5, 5.41) is 11.6. The van der Waals surface area contributed by atoms with Gasteiger partial charge in [0.15, 0.2) is 5.88 Å². The first-order valence-electron chi connectivity index (χ1n) is 11.7. The zero-order chi connectivity index (χ0) is 26.5. The Morgan fingerprint density at radius 2 is 1.70 bits per heavy atom. The third kappa shape index (κ3) is 5.68. The van der Waals surface area contributed by atoms with Crippen LogP contribution in [-0.4, -0.2) is 72.4 Å². The molecule has 0 aliphatic rings. The molecule has 190 valence electrons. The van der Waals surface area contributed by atoms with Crippen molar-refractivity contribution in [2.45, 2.75) is 6.42 Å². The number of anilines is 1. The lowest BCUT2D eigenvalue weighted by molar-refractivity contribution is -0.118. The van der Waals surface area contributed by atoms with Crippen molar-refractivity contribution in [1.29, 1.82) is 0 Å². The van der Waals surface area contributed by atoms with E-state index in [0.717, 1.165) is 11.3 Å². The number of aromatic hydroxyl groups is 1. The Kier molecular flexibility index (Phi) is 7.64. The van der Waals surface area contributed by atoms with Crippen LogP contribution in [0.1, 0.15) is 27.9 Å². The molecule has 9 nitrogen and oxygen atoms in total. The summed E-state index contributed by atoms with van der Waals surface area (Å²) in [6, 6.07) is 16.0. The SMILES string of the molecule is COC(=O)c1ccc2c(C(=Nc3ccc(N(C)C(=O)CCN(C)C)cc3)c3ccncc3)c(O)[nH]c2c1. The highest BCUT2D eigenvalue weighted by Gasteiger charge is 2.20. The number of hydrogen-bond acceptors (Lipinski definition) is 7. The minimum atomic E-state index is -0.467. The molecule has 0 unspecified atom stereocenters. The molecule has 0 saturated heterocycles. The molecule has 0 saturated carbocycles. The molecule has 2 aromatic heterocycles. The Balaban J connectivity index is 1.73. The van der Waals surface area contributed by atoms with E-state index >= 15 is 0 Å². The number of benzene rings is 2. The predicted molar refractivity (Wildman–Crippen MR) is 144 cm³/mol. The number of amides is 1. The average Bonchev–Trinajstić information content (AvgIpc) is 3.24. The summed E-state index contributed by atoms with van der Waals surface area (Å²) in [4.78, 5) is 40.0. The van der Waals surface area contributed by atoms with E-state index in [-0.39, 0.29) is 11.8 Å². The lowest BCUT2D eigenvalue weighted by atomic mass is 10.0. The van der Waals surface area contributed by atoms with Crippen molar-refractivity contribution in [3.63, 3.8) is 0 Å². The molecule has 0 radical (unpaired) electrons. The van der Waals surface area contributed by atoms with Crippen LogP contribution in [0.4, 0.5) is 11.4 Å². The molecule has 1 amide bonds. The van der Waals surface area contributed by atoms with Gasteiger partial charge in [0, 0.05) is 54.6 Å². The monoisotopic (exact) mass is 499 g/mol. The Morgan fingerprint density at radius 3 is 2.35 bits per heavy atom. The number of fused-ring (bicyclic) bond motifs is 1. The minimum absolute atomic E-state index is 0.0254. The standard InChI is InChI=1S/C28H29N5O4/c1-32(2)16-13-24(34)33(3)21-8-6-20(7-9-21)30-26(18-11-14-29-15-12-18)25-22-10-5-19(28(36)37-4)17-23(22)31-27(25)35/h5-12,14-15,17,31,35H,13,16H2,1-4H3. The number of nitrogens with one attached hydrogen (secondary N) is 1. The maximum absolute atomic E-state index is 12.5. The van der Waals surface area contributed by atoms with E-state index < -0.39 is 5.97 Å². The summed E-state index contributed by atoms with van der Waals surface area (Å²) in [5.74, 6) is -0.515. The Bertz CT molecular complexity index is 1440. The highest BCUT2D eigenvalue weighted by Crippen LogP contribution is 2.32. The van der Waals surface area contributed by atoms with Gasteiger partial charge in [0.2, 0.25) is 5.91 Å². The van der Waals surface area contributed by atoms with Crippen molar-refractivity contribution < 1.29 is 19.4 Å². The van der Waals surface area contributed by atoms with Gasteiger partial charge in [-0.1, -0.05) is 6.07 Å². The first kappa shape index (κ1) is 25.6. The number of nitrogens with zero attached hydrogens (tertiary/aromatic N) is 4. The summed E-state index contributed by atoms with van der Waals surface area (Å²) in [7, 11) is 6.94. The summed E-state index contributed by atoms with van der Waals surface area (Å²) in [6.45, 7) is 0.677. The normalized spacial score (nSPS) is 11.6. The molecule has 0 atom stereocenters. The van der Waals surface area contributed by atoms with Crippen LogP contribution in [0.3, 0.4) is 0 Å². The molecule has 4 rings (SSSR count). The molecule has 0 aliphatic carbocycles. The molecule has 2 aromatic carbocycles. The quantitative estimate of drug-likeness (QED) is 0.278. The molecule has 0 bridgehead atoms. The number of carbonyl (C=O) groups excluding carboxylic acids is 2. The van der Waals surface area contributed by atoms with Crippen LogP contribution >= 0.6 is 0 Å². The second kappa shape index (κ2) is 11.0. The third-order valence-electron chi connectivity index (χ3n) is 6.02. The van der Waals surface area contributed by atoms with E-state index in [4.69, 9.17) is 9.73 Å². The fourth-order valence-corrected chi connectivity index (χ4v) is 3.95. The van der Waals surface area contributed by atoms with Gasteiger partial charge in [-0.3, -0.25) is 9.78 Å². The third-order valence-corrected chi connectivity index (χ3v) is 6.02. The molecule has 4 aromatic rings. The topological polar surface area (TPSA) is 111 Å². The first-order chi connectivity index (χ1) is 17.8. The van der Waals surface area contributed by atoms with Gasteiger partial charge in [0.25, 0.3) is 0 Å². The number of H-pyrrole nitrogens is 1. The zero-order valence-corrected chi connectivity index (χ0v) is 21.2. The number of ether oxygens (including phenoxy) is 1. The zero-order valence-electron chi connectivity index (χ0n) is 21.2. The van der Waals surface area contributed by atoms with Gasteiger partial charge in [0.05, 0.1) is 29.6 Å². The average molecular weight is 500 g/mol. The van der Waals surface area contributed by atoms with Gasteiger partial charge in [-0.15, -0.1) is 0 Å². The Hall–Kier alpha value is -4.50. The lowest BCUT2D eigenvalue weighted by Crippen LogP contribution is -2.29. The highest BCUT2D eigenvalue weighted by atomic mass is 16.5. The molecular weight excluding hydrogens is 470 g/mol. The van der Waals surface area contributed by atoms with Crippen molar-refractivity contribution in [2.75, 3.05) is 39.7 Å². The van der Waals surface area contributed by atoms with Crippen LogP contribution in [0.25, 0.3) is 10.9 Å². The number of rotatable bonds is 8. The Labute approximate surface area is 215 Å². The van der Waals surface area contributed by atoms with E-state index in [2.05, 4.69) is 9.97 Å². The van der Waals surface area contributed by atoms with Crippen molar-refractivity contribution in [2.24, 2.45) is 4.99 Å². The number of carbonyl (C=O) groups is 2. The lowest BCUT2D eigenvalue weighted by Gasteiger charge is -2.19. The highest BCUT2D eigenvalue weighted by molar-refractivity contribution is 6.22. The second-order valence-corrected chi connectivity index (χ2v) is 8.82. The summed E-state index contributed by atoms with van der Waals surface area (Å²) >= 11 is 0. The first-order valence-corrected chi connectivity index (χ1v) is 11.7. The molecule has 0 aliphatic heterocycles. The summed E-state index contributed by atoms with van der Waals surface area (Å²) in [5.41, 5.74) is 4.12. The second-order valence-electron chi connectivity index (χ2n) is 8.82. The minimum Gasteiger partial charge on any atom is -0.494 e. The molecule has 0 fully saturated rings. The van der Waals surface area contributed by atoms with Crippen molar-refractivity contribution in [3.05, 3.63) is 83.7 Å². The number of esters is 1. The fourth-order valence-electron chi connectivity index (χ4n) is 3.95. The van der Waals surface area contributed by atoms with Crippen molar-refractivity contribution in [3.8, 4) is 5.88 Å². The van der Waals surface area contributed by atoms with E-state index in [1.54, 1.807) is 42.5 Å². The molecule has 9 heteroatoms. The number of aliphatic imine (C=N–C) groups is 1. The molecule has 2 N–H and O–H groups in total. The van der Waals surface area contributed by atoms with Gasteiger partial charge in [-0.25, -0.2) is 9.79 Å². The van der Waals surface area contributed by atoms with Gasteiger partial charge in [0.1, 0.15) is 0 Å². The van der Waals surface area contributed by atoms with Gasteiger partial charge >= 0.3 is 5.97 Å². The van der Waals surface area contributed by atoms with Crippen LogP contribution in [0, 0.1) is 0 Å². The number of methoxy groups -OCH3 is 1. The van der Waals surface area contributed by atoms with E-state index in [1.165, 1.54) is 7.11 Å². The maximum atomic E-state index is 12.5. The van der Waals surface area contributed by atoms with Crippen molar-refractivity contribution >= 4 is 39.9 Å². The fraction of sp³-hybridized carbons (Fsp3) is 0.214. The van der Waals surface area contributed by atoms with Crippen LogP contribution in [-0.2, 0) is 9.53 Å². The maximum Gasteiger partial charge on any atom is 0.337 e. The smallest absolute Gasteiger partial charge is 0.337 e. The van der Waals surface area contributed by atoms with Crippen molar-refractivity contribution in [1.82, 2.24) is 14.9 Å². The van der Waals surface area contributed by atoms with Crippen LogP contribution < -0.4 is 4.90 Å². The van der Waals surface area contributed by atoms with Crippen LogP contribution in [0.2, 0.25) is 0 Å². The van der Waals surface area contributed by atoms with Crippen LogP contribution in [0.5, 0.6) is 5.88 Å². The number of aromatic amines is 1. The van der Waals surface area contributed by atoms with Gasteiger partial charge < -0.3 is 24.6 Å². The molecule has 37 heavy (non-hydrogen) atoms. The predicted octanol–water partition coefficient (Wildman–Crippen LogP) is 4.14. The largest absolute Gasteiger partial charge is 0.494 e. The number of pyridine rings is 1. The number of hydrogen-bond donors (Lipinski definition) is 2. The van der Waals surface area contributed by atoms with Gasteiger partial charge in [-0.05, 0) is 62.6 Å². The van der Waals surface area contributed by atoms with E-state index in [9.17, 15) is 14.7 Å². The van der Waals surface area contributed by atoms with Gasteiger partial charge in [-0.2, -0.15) is 0 Å². The molecule has 2 heterocycles. The summed E-state index contributed by atoms with van der Waals surface area (Å²) in [6.07, 6.45) is 3.74. The van der Waals surface area contributed by atoms with E-state index in [1.807, 2.05) is 55.4 Å². The summed E-state index contributed by atoms with van der Waals surface area (Å²) < 4.78 is 4.81. The molecular formula is C28H29N5O4.